The molecule has 2 aromatic carbocycles. The van der Waals surface area contributed by atoms with E-state index >= 15 is 0 Å². The van der Waals surface area contributed by atoms with E-state index < -0.39 is 219 Å². The first-order valence-corrected chi connectivity index (χ1v) is 66.2. The summed E-state index contributed by atoms with van der Waals surface area (Å²) < 4.78 is 55.9. The van der Waals surface area contributed by atoms with Gasteiger partial charge in [-0.3, -0.25) is 9.59 Å². The number of rotatable bonds is 32. The van der Waals surface area contributed by atoms with Gasteiger partial charge in [-0.1, -0.05) is 0 Å². The number of hydrogen-bond acceptors (Lipinski definition) is 30. The van der Waals surface area contributed by atoms with Gasteiger partial charge in [-0.05, 0) is 163 Å². The third kappa shape index (κ3) is 54.4. The number of amides is 11. The molecule has 0 radical (unpaired) electrons. The van der Waals surface area contributed by atoms with Gasteiger partial charge in [0.15, 0.2) is 0 Å². The molecule has 11 amide bonds. The third-order valence-corrected chi connectivity index (χ3v) is 29.3. The van der Waals surface area contributed by atoms with E-state index in [2.05, 4.69) is 66.9 Å². The summed E-state index contributed by atoms with van der Waals surface area (Å²) in [6, 6.07) is 3.91. The van der Waals surface area contributed by atoms with Crippen LogP contribution in [0.5, 0.6) is 0 Å². The van der Waals surface area contributed by atoms with Crippen LogP contribution in [0.15, 0.2) is 36.4 Å². The number of imide groups is 1. The molecule has 40 nitrogen and oxygen atoms in total. The van der Waals surface area contributed by atoms with Crippen LogP contribution in [-0.2, 0) is 104 Å². The molecule has 0 aliphatic carbocycles. The summed E-state index contributed by atoms with van der Waals surface area (Å²) in [7, 11) is 0. The number of alkyl carbamates (subject to hydrolysis) is 2. The second kappa shape index (κ2) is 52.9. The second-order valence-electron chi connectivity index (χ2n) is 45.2. The number of hydrogen-bond donors (Lipinski definition) is 10. The van der Waals surface area contributed by atoms with Crippen LogP contribution in [0.3, 0.4) is 0 Å². The van der Waals surface area contributed by atoms with Crippen LogP contribution >= 0.6 is 0 Å². The first kappa shape index (κ1) is 126. The van der Waals surface area contributed by atoms with E-state index in [9.17, 15) is 76.7 Å². The van der Waals surface area contributed by atoms with Crippen LogP contribution in [0.25, 0.3) is 0 Å². The summed E-state index contributed by atoms with van der Waals surface area (Å²) in [6.45, 7) is 51.4. The number of carbonyl (C=O) groups is 16. The van der Waals surface area contributed by atoms with Crippen molar-refractivity contribution in [1.82, 2.24) is 52.1 Å². The number of urea groups is 2. The zero-order valence-corrected chi connectivity index (χ0v) is 94.2. The fraction of sp³-hybridized carbons (Fsp3) is 0.688. The fourth-order valence-electron chi connectivity index (χ4n) is 12.1. The van der Waals surface area contributed by atoms with Crippen molar-refractivity contribution in [1.29, 1.82) is 10.8 Å². The van der Waals surface area contributed by atoms with E-state index in [0.717, 1.165) is 17.0 Å². The molecule has 0 saturated carbocycles. The summed E-state index contributed by atoms with van der Waals surface area (Å²) in [5.41, 5.74) is -0.713. The van der Waals surface area contributed by atoms with Gasteiger partial charge in [-0.15, -0.1) is 0 Å². The van der Waals surface area contributed by atoms with E-state index in [1.165, 1.54) is 6.07 Å². The van der Waals surface area contributed by atoms with Gasteiger partial charge in [-0.25, -0.2) is 24.0 Å². The molecule has 0 bridgehead atoms. The van der Waals surface area contributed by atoms with Crippen LogP contribution in [0.2, 0.25) is 29.6 Å². The number of esters is 6. The zero-order valence-electron chi connectivity index (χ0n) is 88.5. The Labute approximate surface area is 823 Å². The Morgan fingerprint density at radius 2 is 0.667 bits per heavy atom. The average molecular weight is 2170 g/mol. The van der Waals surface area contributed by atoms with Gasteiger partial charge in [-0.2, -0.15) is 0 Å². The normalized spacial score (nSPS) is 13.7. The first-order chi connectivity index (χ1) is 62.3. The number of benzene rings is 2. The van der Waals surface area contributed by atoms with E-state index in [-0.39, 0.29) is 76.1 Å². The van der Waals surface area contributed by atoms with Crippen LogP contribution in [0, 0.1) is 10.8 Å². The maximum atomic E-state index is 13.5. The van der Waals surface area contributed by atoms with Crippen molar-refractivity contribution in [2.45, 2.75) is 408 Å². The van der Waals surface area contributed by atoms with Crippen molar-refractivity contribution in [3.05, 3.63) is 58.7 Å². The summed E-state index contributed by atoms with van der Waals surface area (Å²) in [6.07, 6.45) is -1.41. The molecular formula is C96H161N13O27Sn2. The van der Waals surface area contributed by atoms with Gasteiger partial charge in [0.05, 0.1) is 0 Å². The van der Waals surface area contributed by atoms with Crippen LogP contribution in [0.1, 0.15) is 317 Å². The number of nitrogens with one attached hydrogen (secondary N) is 9. The van der Waals surface area contributed by atoms with Crippen molar-refractivity contribution < 1.29 is 129 Å². The predicted molar refractivity (Wildman–Crippen MR) is 524 cm³/mol. The molecule has 3 rings (SSSR count). The number of nitrogens with two attached hydrogens (primary N) is 1. The summed E-state index contributed by atoms with van der Waals surface area (Å²) in [5.74, 6) is -7.22. The molecule has 138 heavy (non-hydrogen) atoms. The van der Waals surface area contributed by atoms with Gasteiger partial charge < -0.3 is 45.4 Å². The second-order valence-corrected chi connectivity index (χ2v) is 73.9. The molecule has 1 aliphatic heterocycles. The first-order valence-electron chi connectivity index (χ1n) is 46.3. The van der Waals surface area contributed by atoms with E-state index in [1.54, 1.807) is 238 Å². The average Bonchev–Trinajstić information content (AvgIpc) is 1.55. The Kier molecular flexibility index (Phi) is 48.3. The topological polar surface area (TPSA) is 542 Å². The van der Waals surface area contributed by atoms with Gasteiger partial charge in [0, 0.05) is 12.8 Å². The molecule has 42 heteroatoms. The summed E-state index contributed by atoms with van der Waals surface area (Å²) >= 11 is -6.11. The van der Waals surface area contributed by atoms with Crippen LogP contribution < -0.4 is 50.1 Å². The molecule has 1 heterocycles. The molecule has 4 atom stereocenters. The number of guanidine groups is 2. The molecule has 0 unspecified atom stereocenters. The maximum absolute atomic E-state index is 13.5. The van der Waals surface area contributed by atoms with Gasteiger partial charge in [0.25, 0.3) is 0 Å². The Morgan fingerprint density at radius 1 is 0.384 bits per heavy atom. The SMILES string of the molecule is CC(C)(C)OC(=O)CC[C@H](NC(=O)N[C@@H](CCCCN)C(=O)OC(C)(C)C)C(=O)OC(C)(C)C.CC(C)(C)OC(=O)CC[C@H](NC(=O)N[C@@H](CCCCNC(=O)c1ccc(CN(C(=N)NC(=O)OC(C)(C)C)C(=O)OC(C)(C)C)[c]([Sn]([CH3])([CH3])[CH3])c1)C(=O)OC(C)(C)C)C(=O)OC(C)(C)C.CC(C)(C)OC(=O)NC(=N)N(Cc1ccc(C(=O)ON2C(=O)CCC2=O)c[c]1[Sn]([CH3])([CH3])[CH3])C(=O)OC(C)(C)C. The molecule has 2 aromatic rings. The summed E-state index contributed by atoms with van der Waals surface area (Å²) in [4.78, 5) is 224. The number of ether oxygens (including phenoxy) is 10. The molecule has 780 valence electrons. The van der Waals surface area contributed by atoms with Gasteiger partial charge in [0.2, 0.25) is 0 Å². The molecule has 11 N–H and O–H groups in total. The number of unbranched alkanes of at least 4 members (excludes halogenated alkanes) is 2. The van der Waals surface area contributed by atoms with E-state index in [0.29, 0.717) is 60.4 Å². The Bertz CT molecular complexity index is 4570. The number of hydroxylamine groups is 2. The van der Waals surface area contributed by atoms with Crippen LogP contribution in [-0.4, -0.2) is 253 Å². The monoisotopic (exact) mass is 2170 g/mol. The standard InChI is InChI=1S/C43H69N6O12.C24H45N3O7.C23H29N4O8.6CH3.2Sn/c1-39(2,3)57-31(50)24-23-30(34(53)59-41(7,8)9)47-36(54)46-29(33(52)58-40(4,5)6)18-16-17-25-45-32(51)28-21-19-27(20-22-28)26-49(38(56)61-43(13,14)15)35(44)48-37(55)60-42(10,11)12;1-22(2,3)32-18(28)14-13-17(20(30)34-24(7,8)9)27-21(31)26-16(12-10-11-15-25)19(29)33-23(4,5)6;1-22(2,3)33-20(31)25-19(24)26(21(32)34-23(4,5)6)13-14-7-9-15(10-8-14)18(30)35-27-16(28)11-12-17(27)29;;;;;;;;/h19,21-22,29-30H,16-18,23-26H2,1-15H3,(H,45,51)(H2,44,48,55)(H2,46,47,54);16-17H,10-15,25H2,1-9H3,(H2,26,27,31);7,9-10H,11-13H2,1-6H3,(H2,24,25,31);6*1H3;;/t29-,30-;16-,17-;;;;;;;;;/m00........./s1. The molecular weight excluding hydrogens is 2000 g/mol. The molecule has 1 saturated heterocycles. The number of carbonyl (C=O) groups excluding carboxylic acids is 16. The van der Waals surface area contributed by atoms with Gasteiger partial charge >= 0.3 is 522 Å². The molecule has 0 aromatic heterocycles. The van der Waals surface area contributed by atoms with Crippen LogP contribution in [0.4, 0.5) is 28.8 Å². The molecule has 0 spiro atoms. The number of nitrogens with zero attached hydrogens (tertiary/aromatic N) is 3. The van der Waals surface area contributed by atoms with E-state index in [1.807, 2.05) is 0 Å². The molecule has 1 aliphatic rings. The summed E-state index contributed by atoms with van der Waals surface area (Å²) in [5, 5.41) is 35.4. The van der Waals surface area contributed by atoms with Crippen molar-refractivity contribution in [3.63, 3.8) is 0 Å². The van der Waals surface area contributed by atoms with E-state index in [4.69, 9.17) is 68.8 Å². The minimum atomic E-state index is -3.08. The van der Waals surface area contributed by atoms with Crippen molar-refractivity contribution in [3.8, 4) is 0 Å². The zero-order chi connectivity index (χ0) is 107. The Hall–Kier alpha value is -10.1. The molecule has 1 fully saturated rings. The van der Waals surface area contributed by atoms with Gasteiger partial charge in [0.1, 0.15) is 51.7 Å². The van der Waals surface area contributed by atoms with Crippen molar-refractivity contribution >= 4 is 152 Å². The quantitative estimate of drug-likeness (QED) is 0.00618. The van der Waals surface area contributed by atoms with Crippen molar-refractivity contribution in [2.24, 2.45) is 5.73 Å². The fourth-order valence-corrected chi connectivity index (χ4v) is 21.8. The Morgan fingerprint density at radius 3 is 0.957 bits per heavy atom. The minimum absolute atomic E-state index is 0.0153. The van der Waals surface area contributed by atoms with Crippen molar-refractivity contribution in [2.75, 3.05) is 13.1 Å². The Balaban J connectivity index is 0.00000111. The third-order valence-electron chi connectivity index (χ3n) is 17.4. The predicted octanol–water partition coefficient (Wildman–Crippen LogP) is 13.8.